The summed E-state index contributed by atoms with van der Waals surface area (Å²) in [5, 5.41) is 1.77. The monoisotopic (exact) mass is 390 g/mol. The van der Waals surface area contributed by atoms with Crippen molar-refractivity contribution in [1.82, 2.24) is 19.2 Å². The highest BCUT2D eigenvalue weighted by Gasteiger charge is 2.35. The number of sulfonamides is 1. The molecule has 21 heavy (non-hydrogen) atoms. The van der Waals surface area contributed by atoms with Crippen molar-refractivity contribution in [2.24, 2.45) is 0 Å². The average molecular weight is 391 g/mol. The molecule has 1 aliphatic heterocycles. The first-order valence-corrected chi connectivity index (χ1v) is 9.54. The second-order valence-electron chi connectivity index (χ2n) is 4.89. The first-order valence-electron chi connectivity index (χ1n) is 6.43. The standard InChI is InChI=1S/C12H15BrN4O2S2/c1-16-5-6-17(8-10(16)11-14-3-4-15-11)21(18,19)12-9(13)2-7-20-12/h2-4,7,10H,5-6,8H2,1H3,(H,14,15). The Morgan fingerprint density at radius 1 is 1.48 bits per heavy atom. The van der Waals surface area contributed by atoms with Crippen LogP contribution in [0.15, 0.2) is 32.5 Å². The maximum absolute atomic E-state index is 12.7. The Bertz CT molecular complexity index is 713. The van der Waals surface area contributed by atoms with E-state index in [-0.39, 0.29) is 6.04 Å². The van der Waals surface area contributed by atoms with Crippen LogP contribution in [0.3, 0.4) is 0 Å². The van der Waals surface area contributed by atoms with E-state index in [1.165, 1.54) is 15.6 Å². The molecule has 0 amide bonds. The molecule has 2 aromatic heterocycles. The molecular formula is C12H15BrN4O2S2. The van der Waals surface area contributed by atoms with Gasteiger partial charge in [-0.05, 0) is 34.4 Å². The van der Waals surface area contributed by atoms with Crippen molar-refractivity contribution in [2.45, 2.75) is 10.3 Å². The number of nitrogens with one attached hydrogen (secondary N) is 1. The molecule has 0 saturated carbocycles. The number of aromatic nitrogens is 2. The summed E-state index contributed by atoms with van der Waals surface area (Å²) in [5.74, 6) is 0.794. The molecule has 0 aliphatic carbocycles. The maximum Gasteiger partial charge on any atom is 0.253 e. The molecule has 3 heterocycles. The number of H-pyrrole nitrogens is 1. The van der Waals surface area contributed by atoms with E-state index >= 15 is 0 Å². The summed E-state index contributed by atoms with van der Waals surface area (Å²) in [6, 6.07) is 1.71. The van der Waals surface area contributed by atoms with Crippen molar-refractivity contribution in [3.05, 3.63) is 34.1 Å². The number of thiophene rings is 1. The summed E-state index contributed by atoms with van der Waals surface area (Å²) in [4.78, 5) is 9.46. The minimum absolute atomic E-state index is 0.0535. The predicted molar refractivity (Wildman–Crippen MR) is 84.7 cm³/mol. The van der Waals surface area contributed by atoms with Crippen LogP contribution in [0.5, 0.6) is 0 Å². The lowest BCUT2D eigenvalue weighted by Gasteiger charge is -2.37. The molecule has 0 spiro atoms. The zero-order valence-corrected chi connectivity index (χ0v) is 14.6. The van der Waals surface area contributed by atoms with Gasteiger partial charge in [0.05, 0.1) is 6.04 Å². The summed E-state index contributed by atoms with van der Waals surface area (Å²) < 4.78 is 28.0. The number of aromatic amines is 1. The summed E-state index contributed by atoms with van der Waals surface area (Å²) in [7, 11) is -1.48. The fourth-order valence-corrected chi connectivity index (χ4v) is 6.29. The van der Waals surface area contributed by atoms with Crippen LogP contribution in [0, 0.1) is 0 Å². The lowest BCUT2D eigenvalue weighted by Crippen LogP contribution is -2.49. The van der Waals surface area contributed by atoms with Crippen molar-refractivity contribution in [3.63, 3.8) is 0 Å². The van der Waals surface area contributed by atoms with Crippen molar-refractivity contribution in [3.8, 4) is 0 Å². The van der Waals surface area contributed by atoms with Crippen molar-refractivity contribution >= 4 is 37.3 Å². The summed E-state index contributed by atoms with van der Waals surface area (Å²) in [5.41, 5.74) is 0. The highest BCUT2D eigenvalue weighted by atomic mass is 79.9. The van der Waals surface area contributed by atoms with Gasteiger partial charge in [-0.2, -0.15) is 4.31 Å². The Morgan fingerprint density at radius 2 is 2.29 bits per heavy atom. The quantitative estimate of drug-likeness (QED) is 0.868. The highest BCUT2D eigenvalue weighted by Crippen LogP contribution is 2.32. The second kappa shape index (κ2) is 5.81. The number of halogens is 1. The van der Waals surface area contributed by atoms with Gasteiger partial charge in [0.1, 0.15) is 10.0 Å². The number of hydrogen-bond acceptors (Lipinski definition) is 5. The molecule has 3 rings (SSSR count). The van der Waals surface area contributed by atoms with Crippen LogP contribution in [0.2, 0.25) is 0 Å². The second-order valence-corrected chi connectivity index (χ2v) is 8.79. The molecule has 1 atom stereocenters. The van der Waals surface area contributed by atoms with E-state index in [0.717, 1.165) is 5.82 Å². The molecule has 1 unspecified atom stereocenters. The van der Waals surface area contributed by atoms with Crippen molar-refractivity contribution < 1.29 is 8.42 Å². The Balaban J connectivity index is 1.89. The van der Waals surface area contributed by atoms with Gasteiger partial charge in [0, 0.05) is 36.5 Å². The minimum atomic E-state index is -3.46. The number of nitrogens with zero attached hydrogens (tertiary/aromatic N) is 3. The molecule has 0 radical (unpaired) electrons. The van der Waals surface area contributed by atoms with Crippen LogP contribution < -0.4 is 0 Å². The number of imidazole rings is 1. The highest BCUT2D eigenvalue weighted by molar-refractivity contribution is 9.10. The predicted octanol–water partition coefficient (Wildman–Crippen LogP) is 1.91. The van der Waals surface area contributed by atoms with Crippen molar-refractivity contribution in [2.75, 3.05) is 26.7 Å². The first-order chi connectivity index (χ1) is 10.00. The fourth-order valence-electron chi connectivity index (χ4n) is 2.40. The zero-order valence-electron chi connectivity index (χ0n) is 11.4. The summed E-state index contributed by atoms with van der Waals surface area (Å²) >= 11 is 4.55. The summed E-state index contributed by atoms with van der Waals surface area (Å²) in [6.45, 7) is 1.56. The maximum atomic E-state index is 12.7. The van der Waals surface area contributed by atoms with Crippen LogP contribution in [0.1, 0.15) is 11.9 Å². The van der Waals surface area contributed by atoms with Crippen molar-refractivity contribution in [1.29, 1.82) is 0 Å². The molecular weight excluding hydrogens is 376 g/mol. The van der Waals surface area contributed by atoms with E-state index in [0.29, 0.717) is 28.3 Å². The zero-order chi connectivity index (χ0) is 15.0. The Kier molecular flexibility index (Phi) is 4.19. The molecule has 1 saturated heterocycles. The van der Waals surface area contributed by atoms with Gasteiger partial charge in [0.25, 0.3) is 10.0 Å². The Morgan fingerprint density at radius 3 is 2.90 bits per heavy atom. The van der Waals surface area contributed by atoms with Gasteiger partial charge in [-0.25, -0.2) is 13.4 Å². The molecule has 0 bridgehead atoms. The van der Waals surface area contributed by atoms with Gasteiger partial charge in [-0.15, -0.1) is 11.3 Å². The minimum Gasteiger partial charge on any atom is -0.347 e. The van der Waals surface area contributed by atoms with Crippen LogP contribution in [-0.4, -0.2) is 54.3 Å². The number of rotatable bonds is 3. The first kappa shape index (κ1) is 15.2. The molecule has 1 N–H and O–H groups in total. The van der Waals surface area contributed by atoms with E-state index in [9.17, 15) is 8.42 Å². The molecule has 9 heteroatoms. The molecule has 0 aromatic carbocycles. The largest absolute Gasteiger partial charge is 0.347 e. The lowest BCUT2D eigenvalue weighted by molar-refractivity contribution is 0.142. The van der Waals surface area contributed by atoms with Crippen LogP contribution >= 0.6 is 27.3 Å². The van der Waals surface area contributed by atoms with Gasteiger partial charge in [0.15, 0.2) is 0 Å². The van der Waals surface area contributed by atoms with E-state index < -0.39 is 10.0 Å². The Labute approximate surface area is 136 Å². The van der Waals surface area contributed by atoms with E-state index in [4.69, 9.17) is 0 Å². The number of likely N-dealkylation sites (N-methyl/N-ethyl adjacent to an activating group) is 1. The fraction of sp³-hybridized carbons (Fsp3) is 0.417. The van der Waals surface area contributed by atoms with Gasteiger partial charge < -0.3 is 4.98 Å². The van der Waals surface area contributed by atoms with Crippen LogP contribution in [0.4, 0.5) is 0 Å². The van der Waals surface area contributed by atoms with Gasteiger partial charge in [-0.1, -0.05) is 0 Å². The smallest absolute Gasteiger partial charge is 0.253 e. The van der Waals surface area contributed by atoms with Gasteiger partial charge in [-0.3, -0.25) is 4.90 Å². The average Bonchev–Trinajstić information content (AvgIpc) is 3.10. The van der Waals surface area contributed by atoms with Gasteiger partial charge in [0.2, 0.25) is 0 Å². The molecule has 114 valence electrons. The van der Waals surface area contributed by atoms with E-state index in [1.807, 2.05) is 7.05 Å². The third-order valence-electron chi connectivity index (χ3n) is 3.60. The molecule has 1 aliphatic rings. The summed E-state index contributed by atoms with van der Waals surface area (Å²) in [6.07, 6.45) is 3.44. The molecule has 1 fully saturated rings. The Hall–Kier alpha value is -0.740. The number of piperazine rings is 1. The van der Waals surface area contributed by atoms with Crippen LogP contribution in [0.25, 0.3) is 0 Å². The third-order valence-corrected chi connectivity index (χ3v) is 8.12. The van der Waals surface area contributed by atoms with Gasteiger partial charge >= 0.3 is 0 Å². The third kappa shape index (κ3) is 2.80. The van der Waals surface area contributed by atoms with E-state index in [1.54, 1.807) is 23.8 Å². The molecule has 6 nitrogen and oxygen atoms in total. The lowest BCUT2D eigenvalue weighted by atomic mass is 10.2. The van der Waals surface area contributed by atoms with Crippen LogP contribution in [-0.2, 0) is 10.0 Å². The van der Waals surface area contributed by atoms with E-state index in [2.05, 4.69) is 30.8 Å². The topological polar surface area (TPSA) is 69.3 Å². The normalized spacial score (nSPS) is 21.7. The molecule has 2 aromatic rings. The SMILES string of the molecule is CN1CCN(S(=O)(=O)c2sccc2Br)CC1c1ncc[nH]1. The number of hydrogen-bond donors (Lipinski definition) is 1.